The lowest BCUT2D eigenvalue weighted by atomic mass is 10.0. The van der Waals surface area contributed by atoms with Crippen molar-refractivity contribution in [2.75, 3.05) is 39.8 Å². The van der Waals surface area contributed by atoms with Gasteiger partial charge < -0.3 is 10.2 Å². The second-order valence-electron chi connectivity index (χ2n) is 4.96. The SMILES string of the molecule is CN1CC2CC1CN2CC1CNC1. The lowest BCUT2D eigenvalue weighted by Gasteiger charge is -2.37. The molecule has 2 bridgehead atoms. The minimum Gasteiger partial charge on any atom is -0.316 e. The summed E-state index contributed by atoms with van der Waals surface area (Å²) in [5, 5.41) is 3.35. The van der Waals surface area contributed by atoms with Gasteiger partial charge in [-0.1, -0.05) is 0 Å². The summed E-state index contributed by atoms with van der Waals surface area (Å²) in [4.78, 5) is 5.25. The van der Waals surface area contributed by atoms with Crippen LogP contribution in [0.5, 0.6) is 0 Å². The first-order chi connectivity index (χ1) is 6.33. The van der Waals surface area contributed by atoms with Gasteiger partial charge in [0, 0.05) is 44.8 Å². The van der Waals surface area contributed by atoms with Crippen molar-refractivity contribution in [2.45, 2.75) is 18.5 Å². The van der Waals surface area contributed by atoms with Crippen LogP contribution in [0, 0.1) is 5.92 Å². The van der Waals surface area contributed by atoms with Crippen molar-refractivity contribution in [1.82, 2.24) is 15.1 Å². The molecule has 13 heavy (non-hydrogen) atoms. The molecular formula is C10H19N3. The Morgan fingerprint density at radius 3 is 2.54 bits per heavy atom. The summed E-state index contributed by atoms with van der Waals surface area (Å²) in [6.07, 6.45) is 1.43. The molecule has 3 saturated heterocycles. The zero-order valence-corrected chi connectivity index (χ0v) is 8.37. The molecule has 1 N–H and O–H groups in total. The van der Waals surface area contributed by atoms with Crippen LogP contribution >= 0.6 is 0 Å². The molecule has 0 amide bonds. The van der Waals surface area contributed by atoms with E-state index in [1.54, 1.807) is 0 Å². The van der Waals surface area contributed by atoms with Gasteiger partial charge in [0.1, 0.15) is 0 Å². The lowest BCUT2D eigenvalue weighted by molar-refractivity contribution is 0.117. The lowest BCUT2D eigenvalue weighted by Crippen LogP contribution is -2.52. The van der Waals surface area contributed by atoms with Gasteiger partial charge in [-0.25, -0.2) is 0 Å². The average molecular weight is 181 g/mol. The summed E-state index contributed by atoms with van der Waals surface area (Å²) in [5.41, 5.74) is 0. The summed E-state index contributed by atoms with van der Waals surface area (Å²) >= 11 is 0. The molecule has 3 nitrogen and oxygen atoms in total. The van der Waals surface area contributed by atoms with Crippen LogP contribution in [0.25, 0.3) is 0 Å². The van der Waals surface area contributed by atoms with Gasteiger partial charge in [-0.15, -0.1) is 0 Å². The molecule has 2 atom stereocenters. The second-order valence-corrected chi connectivity index (χ2v) is 4.96. The number of likely N-dealkylation sites (tertiary alicyclic amines) is 2. The summed E-state index contributed by atoms with van der Waals surface area (Å²) in [6.45, 7) is 6.50. The van der Waals surface area contributed by atoms with Crippen LogP contribution in [-0.2, 0) is 0 Å². The molecule has 3 heterocycles. The summed E-state index contributed by atoms with van der Waals surface area (Å²) in [6, 6.07) is 1.76. The summed E-state index contributed by atoms with van der Waals surface area (Å²) in [5.74, 6) is 0.949. The van der Waals surface area contributed by atoms with E-state index in [2.05, 4.69) is 22.2 Å². The van der Waals surface area contributed by atoms with Crippen LogP contribution in [0.1, 0.15) is 6.42 Å². The maximum Gasteiger partial charge on any atom is 0.0239 e. The molecule has 2 unspecified atom stereocenters. The number of rotatable bonds is 2. The Balaban J connectivity index is 1.57. The van der Waals surface area contributed by atoms with E-state index in [-0.39, 0.29) is 0 Å². The minimum absolute atomic E-state index is 0.873. The highest BCUT2D eigenvalue weighted by atomic mass is 15.3. The topological polar surface area (TPSA) is 18.5 Å². The van der Waals surface area contributed by atoms with Gasteiger partial charge in [0.25, 0.3) is 0 Å². The maximum atomic E-state index is 3.35. The van der Waals surface area contributed by atoms with Crippen LogP contribution in [-0.4, -0.2) is 61.7 Å². The molecule has 3 aliphatic heterocycles. The predicted molar refractivity (Wildman–Crippen MR) is 52.8 cm³/mol. The van der Waals surface area contributed by atoms with Crippen molar-refractivity contribution in [3.8, 4) is 0 Å². The highest BCUT2D eigenvalue weighted by Gasteiger charge is 2.42. The van der Waals surface area contributed by atoms with E-state index in [9.17, 15) is 0 Å². The maximum absolute atomic E-state index is 3.35. The Hall–Kier alpha value is -0.120. The smallest absolute Gasteiger partial charge is 0.0239 e. The predicted octanol–water partition coefficient (Wildman–Crippen LogP) is -0.406. The fourth-order valence-electron chi connectivity index (χ4n) is 2.98. The third-order valence-corrected chi connectivity index (χ3v) is 3.99. The Bertz CT molecular complexity index is 200. The molecular weight excluding hydrogens is 162 g/mol. The van der Waals surface area contributed by atoms with E-state index in [0.29, 0.717) is 0 Å². The quantitative estimate of drug-likeness (QED) is 0.625. The average Bonchev–Trinajstić information content (AvgIpc) is 2.54. The molecule has 3 aliphatic rings. The molecule has 0 saturated carbocycles. The van der Waals surface area contributed by atoms with Crippen LogP contribution in [0.2, 0.25) is 0 Å². The fraction of sp³-hybridized carbons (Fsp3) is 1.00. The zero-order valence-electron chi connectivity index (χ0n) is 8.37. The molecule has 3 heteroatoms. The monoisotopic (exact) mass is 181 g/mol. The first kappa shape index (κ1) is 8.21. The normalized spacial score (nSPS) is 41.3. The van der Waals surface area contributed by atoms with E-state index in [1.165, 1.54) is 39.1 Å². The van der Waals surface area contributed by atoms with Crippen molar-refractivity contribution >= 4 is 0 Å². The number of fused-ring (bicyclic) bond motifs is 2. The third-order valence-electron chi connectivity index (χ3n) is 3.99. The Morgan fingerprint density at radius 1 is 1.23 bits per heavy atom. The third kappa shape index (κ3) is 1.30. The van der Waals surface area contributed by atoms with Crippen molar-refractivity contribution in [1.29, 1.82) is 0 Å². The molecule has 0 radical (unpaired) electrons. The molecule has 0 aromatic heterocycles. The van der Waals surface area contributed by atoms with Crippen molar-refractivity contribution < 1.29 is 0 Å². The first-order valence-electron chi connectivity index (χ1n) is 5.48. The summed E-state index contributed by atoms with van der Waals surface area (Å²) in [7, 11) is 2.27. The minimum atomic E-state index is 0.873. The van der Waals surface area contributed by atoms with Gasteiger partial charge in [0.2, 0.25) is 0 Å². The highest BCUT2D eigenvalue weighted by Crippen LogP contribution is 2.30. The Kier molecular flexibility index (Phi) is 1.86. The van der Waals surface area contributed by atoms with Gasteiger partial charge >= 0.3 is 0 Å². The first-order valence-corrected chi connectivity index (χ1v) is 5.48. The molecule has 3 rings (SSSR count). The van der Waals surface area contributed by atoms with E-state index in [0.717, 1.165) is 18.0 Å². The van der Waals surface area contributed by atoms with E-state index >= 15 is 0 Å². The number of nitrogens with zero attached hydrogens (tertiary/aromatic N) is 2. The van der Waals surface area contributed by atoms with Gasteiger partial charge in [-0.2, -0.15) is 0 Å². The highest BCUT2D eigenvalue weighted by molar-refractivity contribution is 4.99. The number of hydrogen-bond donors (Lipinski definition) is 1. The molecule has 74 valence electrons. The Morgan fingerprint density at radius 2 is 2.08 bits per heavy atom. The van der Waals surface area contributed by atoms with Gasteiger partial charge in [0.15, 0.2) is 0 Å². The van der Waals surface area contributed by atoms with Crippen LogP contribution < -0.4 is 5.32 Å². The Labute approximate surface area is 80.1 Å². The van der Waals surface area contributed by atoms with Crippen molar-refractivity contribution in [2.24, 2.45) is 5.92 Å². The molecule has 0 aromatic rings. The van der Waals surface area contributed by atoms with Gasteiger partial charge in [0.05, 0.1) is 0 Å². The largest absolute Gasteiger partial charge is 0.316 e. The summed E-state index contributed by atoms with van der Waals surface area (Å²) < 4.78 is 0. The number of piperazine rings is 1. The van der Waals surface area contributed by atoms with Crippen molar-refractivity contribution in [3.05, 3.63) is 0 Å². The van der Waals surface area contributed by atoms with E-state index in [1.807, 2.05) is 0 Å². The number of nitrogens with one attached hydrogen (secondary N) is 1. The standard InChI is InChI=1S/C10H19N3/c1-12-6-10-2-9(12)7-13(10)5-8-3-11-4-8/h8-11H,2-7H2,1H3. The molecule has 0 aromatic carbocycles. The second kappa shape index (κ2) is 2.94. The van der Waals surface area contributed by atoms with E-state index in [4.69, 9.17) is 0 Å². The van der Waals surface area contributed by atoms with E-state index < -0.39 is 0 Å². The molecule has 3 fully saturated rings. The van der Waals surface area contributed by atoms with Crippen LogP contribution in [0.15, 0.2) is 0 Å². The van der Waals surface area contributed by atoms with Crippen molar-refractivity contribution in [3.63, 3.8) is 0 Å². The molecule has 0 spiro atoms. The van der Waals surface area contributed by atoms with Crippen LogP contribution in [0.3, 0.4) is 0 Å². The fourth-order valence-corrected chi connectivity index (χ4v) is 2.98. The van der Waals surface area contributed by atoms with Gasteiger partial charge in [-0.3, -0.25) is 4.90 Å². The zero-order chi connectivity index (χ0) is 8.84. The van der Waals surface area contributed by atoms with Gasteiger partial charge in [-0.05, 0) is 19.4 Å². The number of likely N-dealkylation sites (N-methyl/N-ethyl adjacent to an activating group) is 1. The molecule has 0 aliphatic carbocycles. The van der Waals surface area contributed by atoms with Crippen LogP contribution in [0.4, 0.5) is 0 Å². The number of hydrogen-bond acceptors (Lipinski definition) is 3.